The Morgan fingerprint density at radius 3 is 1.67 bits per heavy atom. The molecule has 1 radical (unpaired) electrons. The number of hydrogen-bond acceptors (Lipinski definition) is 1. The zero-order valence-corrected chi connectivity index (χ0v) is 11.0. The maximum atomic E-state index is 10.2. The van der Waals surface area contributed by atoms with Crippen molar-refractivity contribution in [2.75, 3.05) is 0 Å². The zero-order valence-electron chi connectivity index (χ0n) is 9.80. The SMILES string of the molecule is CCCCCCCCCCCC(=O)O.[Mn]. The van der Waals surface area contributed by atoms with E-state index in [0.717, 1.165) is 12.8 Å². The van der Waals surface area contributed by atoms with E-state index < -0.39 is 5.97 Å². The van der Waals surface area contributed by atoms with Gasteiger partial charge in [0.25, 0.3) is 0 Å². The molecule has 3 heteroatoms. The monoisotopic (exact) mass is 255 g/mol. The third-order valence-electron chi connectivity index (χ3n) is 2.49. The first kappa shape index (κ1) is 17.4. The van der Waals surface area contributed by atoms with Crippen LogP contribution < -0.4 is 0 Å². The Morgan fingerprint density at radius 1 is 0.867 bits per heavy atom. The summed E-state index contributed by atoms with van der Waals surface area (Å²) >= 11 is 0. The van der Waals surface area contributed by atoms with Crippen LogP contribution in [0.1, 0.15) is 71.1 Å². The molecule has 0 spiro atoms. The van der Waals surface area contributed by atoms with E-state index in [4.69, 9.17) is 5.11 Å². The van der Waals surface area contributed by atoms with E-state index >= 15 is 0 Å². The van der Waals surface area contributed by atoms with E-state index in [1.54, 1.807) is 0 Å². The van der Waals surface area contributed by atoms with Gasteiger partial charge in [-0.05, 0) is 6.42 Å². The molecule has 0 aromatic rings. The van der Waals surface area contributed by atoms with E-state index in [1.165, 1.54) is 44.9 Å². The minimum Gasteiger partial charge on any atom is -0.481 e. The number of hydrogen-bond donors (Lipinski definition) is 1. The molecule has 0 heterocycles. The third-order valence-corrected chi connectivity index (χ3v) is 2.49. The predicted molar refractivity (Wildman–Crippen MR) is 59.5 cm³/mol. The van der Waals surface area contributed by atoms with Gasteiger partial charge in [0.2, 0.25) is 0 Å². The van der Waals surface area contributed by atoms with Crippen LogP contribution >= 0.6 is 0 Å². The predicted octanol–water partition coefficient (Wildman–Crippen LogP) is 3.99. The Hall–Kier alpha value is -0.0105. The number of unbranched alkanes of at least 4 members (excludes halogenated alkanes) is 8. The van der Waals surface area contributed by atoms with E-state index in [0.29, 0.717) is 6.42 Å². The molecular formula is C12H24MnO2. The van der Waals surface area contributed by atoms with Gasteiger partial charge in [-0.15, -0.1) is 0 Å². The Kier molecular flexibility index (Phi) is 16.2. The molecule has 0 aliphatic heterocycles. The van der Waals surface area contributed by atoms with Crippen LogP contribution in [0.5, 0.6) is 0 Å². The number of rotatable bonds is 10. The Balaban J connectivity index is 0. The first-order valence-electron chi connectivity index (χ1n) is 5.99. The molecule has 0 aliphatic carbocycles. The molecule has 0 aliphatic rings. The minimum absolute atomic E-state index is 0. The van der Waals surface area contributed by atoms with Crippen molar-refractivity contribution in [1.82, 2.24) is 0 Å². The van der Waals surface area contributed by atoms with Gasteiger partial charge in [-0.3, -0.25) is 4.79 Å². The fourth-order valence-electron chi connectivity index (χ4n) is 1.59. The van der Waals surface area contributed by atoms with E-state index in [1.807, 2.05) is 0 Å². The van der Waals surface area contributed by atoms with E-state index in [-0.39, 0.29) is 17.1 Å². The normalized spacial score (nSPS) is 9.67. The van der Waals surface area contributed by atoms with Gasteiger partial charge in [-0.2, -0.15) is 0 Å². The van der Waals surface area contributed by atoms with Crippen LogP contribution in [0.15, 0.2) is 0 Å². The van der Waals surface area contributed by atoms with Crippen molar-refractivity contribution in [3.8, 4) is 0 Å². The van der Waals surface area contributed by atoms with Gasteiger partial charge in [0.05, 0.1) is 0 Å². The molecule has 91 valence electrons. The van der Waals surface area contributed by atoms with Gasteiger partial charge >= 0.3 is 5.97 Å². The molecule has 0 bridgehead atoms. The molecule has 0 unspecified atom stereocenters. The standard InChI is InChI=1S/C12H24O2.Mn/c1-2-3-4-5-6-7-8-9-10-11-12(13)14;/h2-11H2,1H3,(H,13,14);. The maximum absolute atomic E-state index is 10.2. The van der Waals surface area contributed by atoms with Gasteiger partial charge in [0.15, 0.2) is 0 Å². The first-order chi connectivity index (χ1) is 6.77. The Bertz CT molecular complexity index is 138. The van der Waals surface area contributed by atoms with Crippen LogP contribution in [0.25, 0.3) is 0 Å². The largest absolute Gasteiger partial charge is 0.481 e. The number of carboxylic acids is 1. The van der Waals surface area contributed by atoms with Gasteiger partial charge in [-0.25, -0.2) is 0 Å². The molecule has 0 rings (SSSR count). The van der Waals surface area contributed by atoms with Crippen LogP contribution in [0.3, 0.4) is 0 Å². The zero-order chi connectivity index (χ0) is 10.6. The average Bonchev–Trinajstić information content (AvgIpc) is 2.15. The molecule has 0 aromatic carbocycles. The topological polar surface area (TPSA) is 37.3 Å². The summed E-state index contributed by atoms with van der Waals surface area (Å²) < 4.78 is 0. The second-order valence-corrected chi connectivity index (χ2v) is 3.97. The summed E-state index contributed by atoms with van der Waals surface area (Å²) in [5.74, 6) is -0.659. The number of carboxylic acid groups (broad SMARTS) is 1. The molecule has 0 saturated heterocycles. The van der Waals surface area contributed by atoms with Gasteiger partial charge in [-0.1, -0.05) is 58.3 Å². The van der Waals surface area contributed by atoms with Crippen molar-refractivity contribution < 1.29 is 27.0 Å². The van der Waals surface area contributed by atoms with E-state index in [2.05, 4.69) is 6.92 Å². The summed E-state index contributed by atoms with van der Waals surface area (Å²) in [6.45, 7) is 2.23. The van der Waals surface area contributed by atoms with Crippen molar-refractivity contribution in [1.29, 1.82) is 0 Å². The summed E-state index contributed by atoms with van der Waals surface area (Å²) in [6.07, 6.45) is 11.5. The number of aliphatic carboxylic acids is 1. The maximum Gasteiger partial charge on any atom is 0.303 e. The molecule has 15 heavy (non-hydrogen) atoms. The molecule has 1 N–H and O–H groups in total. The summed E-state index contributed by atoms with van der Waals surface area (Å²) in [6, 6.07) is 0. The second kappa shape index (κ2) is 14.0. The minimum atomic E-state index is -0.659. The molecular weight excluding hydrogens is 231 g/mol. The van der Waals surface area contributed by atoms with Crippen molar-refractivity contribution in [2.45, 2.75) is 71.1 Å². The van der Waals surface area contributed by atoms with Crippen molar-refractivity contribution in [2.24, 2.45) is 0 Å². The van der Waals surface area contributed by atoms with Crippen LogP contribution in [0.2, 0.25) is 0 Å². The summed E-state index contributed by atoms with van der Waals surface area (Å²) in [5, 5.41) is 8.41. The molecule has 2 nitrogen and oxygen atoms in total. The second-order valence-electron chi connectivity index (χ2n) is 3.97. The fourth-order valence-corrected chi connectivity index (χ4v) is 1.59. The summed E-state index contributed by atoms with van der Waals surface area (Å²) in [5.41, 5.74) is 0. The van der Waals surface area contributed by atoms with E-state index in [9.17, 15) is 4.79 Å². The third kappa shape index (κ3) is 16.7. The average molecular weight is 255 g/mol. The first-order valence-corrected chi connectivity index (χ1v) is 5.99. The molecule has 0 saturated carbocycles. The van der Waals surface area contributed by atoms with Gasteiger partial charge in [0, 0.05) is 23.5 Å². The molecule has 0 aromatic heterocycles. The molecule has 0 fully saturated rings. The smallest absolute Gasteiger partial charge is 0.303 e. The molecule has 0 amide bonds. The summed E-state index contributed by atoms with van der Waals surface area (Å²) in [7, 11) is 0. The Morgan fingerprint density at radius 2 is 1.27 bits per heavy atom. The van der Waals surface area contributed by atoms with Crippen LogP contribution in [-0.2, 0) is 21.9 Å². The van der Waals surface area contributed by atoms with Crippen molar-refractivity contribution >= 4 is 5.97 Å². The van der Waals surface area contributed by atoms with Crippen LogP contribution in [-0.4, -0.2) is 11.1 Å². The summed E-state index contributed by atoms with van der Waals surface area (Å²) in [4.78, 5) is 10.2. The fraction of sp³-hybridized carbons (Fsp3) is 0.917. The number of carbonyl (C=O) groups is 1. The van der Waals surface area contributed by atoms with Crippen molar-refractivity contribution in [3.63, 3.8) is 0 Å². The van der Waals surface area contributed by atoms with Gasteiger partial charge in [0.1, 0.15) is 0 Å². The van der Waals surface area contributed by atoms with Crippen LogP contribution in [0, 0.1) is 0 Å². The molecule has 0 atom stereocenters. The van der Waals surface area contributed by atoms with Crippen LogP contribution in [0.4, 0.5) is 0 Å². The quantitative estimate of drug-likeness (QED) is 0.473. The van der Waals surface area contributed by atoms with Crippen molar-refractivity contribution in [3.05, 3.63) is 0 Å². The van der Waals surface area contributed by atoms with Gasteiger partial charge < -0.3 is 5.11 Å². The Labute approximate surface area is 104 Å².